The maximum atomic E-state index is 13.5. The Bertz CT molecular complexity index is 1500. The topological polar surface area (TPSA) is 104 Å². The summed E-state index contributed by atoms with van der Waals surface area (Å²) in [5.41, 5.74) is 2.97. The molecule has 0 unspecified atom stereocenters. The Kier molecular flexibility index (Phi) is 7.05. The second-order valence-corrected chi connectivity index (χ2v) is 8.12. The average molecular weight is 488 g/mol. The van der Waals surface area contributed by atoms with Crippen molar-refractivity contribution < 1.29 is 28.2 Å². The quantitative estimate of drug-likeness (QED) is 0.370. The Morgan fingerprint density at radius 3 is 2.33 bits per heavy atom. The van der Waals surface area contributed by atoms with Gasteiger partial charge in [0.05, 0.1) is 30.9 Å². The molecule has 8 nitrogen and oxygen atoms in total. The summed E-state index contributed by atoms with van der Waals surface area (Å²) in [7, 11) is 2.81. The van der Waals surface area contributed by atoms with Gasteiger partial charge >= 0.3 is 5.97 Å². The number of hydrogen-bond donors (Lipinski definition) is 1. The van der Waals surface area contributed by atoms with E-state index in [9.17, 15) is 14.4 Å². The van der Waals surface area contributed by atoms with Crippen LogP contribution in [0.15, 0.2) is 69.9 Å². The molecule has 0 aliphatic rings. The van der Waals surface area contributed by atoms with Crippen LogP contribution in [0.1, 0.15) is 21.5 Å². The van der Waals surface area contributed by atoms with Crippen molar-refractivity contribution in [2.75, 3.05) is 26.1 Å². The van der Waals surface area contributed by atoms with Crippen molar-refractivity contribution in [3.8, 4) is 22.8 Å². The fraction of sp³-hybridized carbons (Fsp3) is 0.179. The molecule has 3 aromatic carbocycles. The van der Waals surface area contributed by atoms with Crippen LogP contribution < -0.4 is 20.2 Å². The van der Waals surface area contributed by atoms with Crippen molar-refractivity contribution in [2.24, 2.45) is 0 Å². The molecule has 0 aliphatic carbocycles. The zero-order valence-corrected chi connectivity index (χ0v) is 20.3. The third-order valence-corrected chi connectivity index (χ3v) is 5.77. The summed E-state index contributed by atoms with van der Waals surface area (Å²) in [5, 5.41) is 2.98. The Hall–Kier alpha value is -4.59. The number of fused-ring (bicyclic) bond motifs is 1. The van der Waals surface area contributed by atoms with Crippen molar-refractivity contribution in [2.45, 2.75) is 13.8 Å². The van der Waals surface area contributed by atoms with E-state index in [1.807, 2.05) is 13.8 Å². The van der Waals surface area contributed by atoms with Gasteiger partial charge in [0.15, 0.2) is 12.4 Å². The van der Waals surface area contributed by atoms with Gasteiger partial charge in [-0.2, -0.15) is 0 Å². The molecular weight excluding hydrogens is 462 g/mol. The number of rotatable bonds is 7. The molecule has 1 amide bonds. The molecule has 1 heterocycles. The lowest BCUT2D eigenvalue weighted by molar-refractivity contribution is -0.118. The summed E-state index contributed by atoms with van der Waals surface area (Å²) < 4.78 is 21.9. The van der Waals surface area contributed by atoms with Crippen LogP contribution in [0.4, 0.5) is 5.69 Å². The summed E-state index contributed by atoms with van der Waals surface area (Å²) >= 11 is 0. The van der Waals surface area contributed by atoms with Crippen LogP contribution in [0.2, 0.25) is 0 Å². The van der Waals surface area contributed by atoms with E-state index in [0.29, 0.717) is 22.3 Å². The van der Waals surface area contributed by atoms with E-state index in [0.717, 1.165) is 11.1 Å². The predicted octanol–water partition coefficient (Wildman–Crippen LogP) is 4.89. The van der Waals surface area contributed by atoms with E-state index >= 15 is 0 Å². The number of amides is 1. The number of ether oxygens (including phenoxy) is 3. The highest BCUT2D eigenvalue weighted by atomic mass is 16.5. The Labute approximate surface area is 207 Å². The summed E-state index contributed by atoms with van der Waals surface area (Å²) in [6.45, 7) is 3.35. The average Bonchev–Trinajstić information content (AvgIpc) is 2.89. The number of benzene rings is 3. The molecule has 0 radical (unpaired) electrons. The van der Waals surface area contributed by atoms with Gasteiger partial charge in [0, 0.05) is 5.56 Å². The third kappa shape index (κ3) is 4.93. The zero-order valence-electron chi connectivity index (χ0n) is 20.3. The monoisotopic (exact) mass is 487 g/mol. The van der Waals surface area contributed by atoms with Crippen LogP contribution >= 0.6 is 0 Å². The molecule has 0 saturated heterocycles. The van der Waals surface area contributed by atoms with Crippen molar-refractivity contribution in [1.82, 2.24) is 0 Å². The van der Waals surface area contributed by atoms with Gasteiger partial charge in [0.1, 0.15) is 11.3 Å². The lowest BCUT2D eigenvalue weighted by Gasteiger charge is -2.14. The summed E-state index contributed by atoms with van der Waals surface area (Å²) in [6, 6.07) is 16.9. The van der Waals surface area contributed by atoms with Crippen LogP contribution in [0.3, 0.4) is 0 Å². The van der Waals surface area contributed by atoms with Gasteiger partial charge < -0.3 is 23.9 Å². The van der Waals surface area contributed by atoms with Gasteiger partial charge in [0.25, 0.3) is 5.91 Å². The van der Waals surface area contributed by atoms with E-state index in [1.54, 1.807) is 61.7 Å². The van der Waals surface area contributed by atoms with Crippen molar-refractivity contribution in [3.63, 3.8) is 0 Å². The maximum absolute atomic E-state index is 13.5. The van der Waals surface area contributed by atoms with Crippen LogP contribution in [0.25, 0.3) is 22.3 Å². The number of para-hydroxylation sites is 1. The lowest BCUT2D eigenvalue weighted by atomic mass is 10.0. The normalized spacial score (nSPS) is 10.7. The molecule has 1 N–H and O–H groups in total. The SMILES string of the molecule is COC(=O)c1ccccc1NC(=O)COc1c(-c2ccc(OC)cc2)oc2cc(C)c(C)cc2c1=O. The van der Waals surface area contributed by atoms with E-state index in [-0.39, 0.29) is 22.8 Å². The minimum atomic E-state index is -0.588. The van der Waals surface area contributed by atoms with Crippen molar-refractivity contribution in [1.29, 1.82) is 0 Å². The Morgan fingerprint density at radius 1 is 0.944 bits per heavy atom. The van der Waals surface area contributed by atoms with Crippen molar-refractivity contribution in [3.05, 3.63) is 87.6 Å². The van der Waals surface area contributed by atoms with Gasteiger partial charge in [0.2, 0.25) is 11.2 Å². The van der Waals surface area contributed by atoms with Gasteiger partial charge in [-0.05, 0) is 73.5 Å². The first-order valence-electron chi connectivity index (χ1n) is 11.1. The van der Waals surface area contributed by atoms with E-state index in [2.05, 4.69) is 5.32 Å². The number of anilines is 1. The summed E-state index contributed by atoms with van der Waals surface area (Å²) in [4.78, 5) is 38.2. The molecule has 0 atom stereocenters. The van der Waals surface area contributed by atoms with Crippen LogP contribution in [-0.4, -0.2) is 32.7 Å². The molecular formula is C28H25NO7. The minimum Gasteiger partial charge on any atom is -0.497 e. The number of carbonyl (C=O) groups excluding carboxylic acids is 2. The Morgan fingerprint density at radius 2 is 1.64 bits per heavy atom. The summed E-state index contributed by atoms with van der Waals surface area (Å²) in [6.07, 6.45) is 0. The fourth-order valence-electron chi connectivity index (χ4n) is 3.70. The first-order valence-corrected chi connectivity index (χ1v) is 11.1. The third-order valence-electron chi connectivity index (χ3n) is 5.77. The highest BCUT2D eigenvalue weighted by Gasteiger charge is 2.20. The summed E-state index contributed by atoms with van der Waals surface area (Å²) in [5.74, 6) is -0.408. The second kappa shape index (κ2) is 10.4. The highest BCUT2D eigenvalue weighted by molar-refractivity contribution is 6.01. The van der Waals surface area contributed by atoms with Crippen LogP contribution in [0, 0.1) is 13.8 Å². The first kappa shape index (κ1) is 24.5. The molecule has 36 heavy (non-hydrogen) atoms. The van der Waals surface area contributed by atoms with Crippen molar-refractivity contribution >= 4 is 28.5 Å². The Balaban J connectivity index is 1.70. The van der Waals surface area contributed by atoms with E-state index in [4.69, 9.17) is 18.6 Å². The second-order valence-electron chi connectivity index (χ2n) is 8.12. The molecule has 184 valence electrons. The standard InChI is InChI=1S/C28H25NO7/c1-16-13-21-23(14-17(16)2)36-26(18-9-11-19(33-3)12-10-18)27(25(21)31)35-15-24(30)29-22-8-6-5-7-20(22)28(32)34-4/h5-14H,15H2,1-4H3,(H,29,30). The number of carbonyl (C=O) groups is 2. The largest absolute Gasteiger partial charge is 0.497 e. The number of hydrogen-bond acceptors (Lipinski definition) is 7. The smallest absolute Gasteiger partial charge is 0.339 e. The molecule has 0 aliphatic heterocycles. The van der Waals surface area contributed by atoms with Gasteiger partial charge in [-0.1, -0.05) is 12.1 Å². The minimum absolute atomic E-state index is 0.0904. The molecule has 1 aromatic heterocycles. The van der Waals surface area contributed by atoms with Crippen LogP contribution in [0.5, 0.6) is 11.5 Å². The number of nitrogens with one attached hydrogen (secondary N) is 1. The molecule has 0 fully saturated rings. The van der Waals surface area contributed by atoms with Crippen LogP contribution in [-0.2, 0) is 9.53 Å². The molecule has 4 rings (SSSR count). The number of aryl methyl sites for hydroxylation is 2. The van der Waals surface area contributed by atoms with E-state index in [1.165, 1.54) is 13.2 Å². The molecule has 8 heteroatoms. The van der Waals surface area contributed by atoms with Gasteiger partial charge in [-0.15, -0.1) is 0 Å². The van der Waals surface area contributed by atoms with Gasteiger partial charge in [-0.25, -0.2) is 4.79 Å². The van der Waals surface area contributed by atoms with E-state index < -0.39 is 23.9 Å². The fourth-order valence-corrected chi connectivity index (χ4v) is 3.70. The number of methoxy groups -OCH3 is 2. The highest BCUT2D eigenvalue weighted by Crippen LogP contribution is 2.33. The lowest BCUT2D eigenvalue weighted by Crippen LogP contribution is -2.23. The number of esters is 1. The zero-order chi connectivity index (χ0) is 25.8. The first-order chi connectivity index (χ1) is 17.3. The molecule has 0 saturated carbocycles. The van der Waals surface area contributed by atoms with Gasteiger partial charge in [-0.3, -0.25) is 9.59 Å². The molecule has 0 bridgehead atoms. The maximum Gasteiger partial charge on any atom is 0.339 e. The predicted molar refractivity (Wildman–Crippen MR) is 136 cm³/mol. The molecule has 4 aromatic rings. The molecule has 0 spiro atoms.